The number of anilines is 1. The molecule has 1 aliphatic rings. The summed E-state index contributed by atoms with van der Waals surface area (Å²) in [4.78, 5) is 26.9. The number of carbonyl (C=O) groups is 2. The lowest BCUT2D eigenvalue weighted by Gasteiger charge is -2.17. The highest BCUT2D eigenvalue weighted by molar-refractivity contribution is 5.98. The average molecular weight is 333 g/mol. The van der Waals surface area contributed by atoms with Gasteiger partial charge in [0.2, 0.25) is 11.8 Å². The first kappa shape index (κ1) is 15.6. The molecular weight excluding hydrogens is 314 g/mol. The lowest BCUT2D eigenvalue weighted by atomic mass is 10.2. The van der Waals surface area contributed by atoms with Crippen LogP contribution in [0.25, 0.3) is 10.9 Å². The highest BCUT2D eigenvalue weighted by Gasteiger charge is 2.24. The van der Waals surface area contributed by atoms with Gasteiger partial charge in [-0.1, -0.05) is 36.4 Å². The Hall–Kier alpha value is -2.95. The Morgan fingerprint density at radius 1 is 1.00 bits per heavy atom. The maximum absolute atomic E-state index is 12.6. The van der Waals surface area contributed by atoms with E-state index in [4.69, 9.17) is 0 Å². The van der Waals surface area contributed by atoms with Gasteiger partial charge in [0.05, 0.1) is 11.2 Å². The van der Waals surface area contributed by atoms with Crippen LogP contribution in [0.3, 0.4) is 0 Å². The molecule has 3 aromatic rings. The third kappa shape index (κ3) is 2.71. The Morgan fingerprint density at radius 3 is 2.60 bits per heavy atom. The van der Waals surface area contributed by atoms with Crippen LogP contribution in [0, 0.1) is 6.92 Å². The molecule has 2 heterocycles. The van der Waals surface area contributed by atoms with Crippen molar-refractivity contribution in [2.45, 2.75) is 26.2 Å². The van der Waals surface area contributed by atoms with Crippen molar-refractivity contribution in [3.8, 4) is 0 Å². The first-order valence-corrected chi connectivity index (χ1v) is 8.51. The molecule has 0 N–H and O–H groups in total. The summed E-state index contributed by atoms with van der Waals surface area (Å²) in [6.07, 6.45) is 1.22. The monoisotopic (exact) mass is 333 g/mol. The quantitative estimate of drug-likeness (QED) is 0.738. The molecule has 0 spiro atoms. The summed E-state index contributed by atoms with van der Waals surface area (Å²) in [6.45, 7) is 2.58. The van der Waals surface area contributed by atoms with E-state index in [-0.39, 0.29) is 24.7 Å². The van der Waals surface area contributed by atoms with Crippen molar-refractivity contribution in [1.82, 2.24) is 9.78 Å². The minimum Gasteiger partial charge on any atom is -0.312 e. The predicted molar refractivity (Wildman–Crippen MR) is 96.8 cm³/mol. The normalized spacial score (nSPS) is 13.2. The van der Waals surface area contributed by atoms with E-state index in [0.29, 0.717) is 6.54 Å². The standard InChI is InChI=1S/C20H19N3O2/c1-14-16-7-3-5-9-18(16)23(21-14)20(25)11-10-19(24)22-13-12-15-6-2-4-8-17(15)22/h2-9H,10-13H2,1H3. The summed E-state index contributed by atoms with van der Waals surface area (Å²) in [7, 11) is 0. The number of aryl methyl sites for hydroxylation is 1. The largest absolute Gasteiger partial charge is 0.312 e. The van der Waals surface area contributed by atoms with E-state index in [1.54, 1.807) is 4.90 Å². The fourth-order valence-corrected chi connectivity index (χ4v) is 3.46. The Kier molecular flexibility index (Phi) is 3.84. The first-order chi connectivity index (χ1) is 12.1. The van der Waals surface area contributed by atoms with E-state index in [0.717, 1.165) is 28.7 Å². The zero-order valence-corrected chi connectivity index (χ0v) is 14.1. The van der Waals surface area contributed by atoms with Crippen molar-refractivity contribution in [3.05, 3.63) is 59.8 Å². The topological polar surface area (TPSA) is 55.2 Å². The number of aromatic nitrogens is 2. The summed E-state index contributed by atoms with van der Waals surface area (Å²) < 4.78 is 1.43. The van der Waals surface area contributed by atoms with Gasteiger partial charge in [-0.3, -0.25) is 9.59 Å². The lowest BCUT2D eigenvalue weighted by molar-refractivity contribution is -0.118. The maximum atomic E-state index is 12.6. The van der Waals surface area contributed by atoms with Crippen LogP contribution >= 0.6 is 0 Å². The third-order valence-electron chi connectivity index (χ3n) is 4.75. The molecule has 5 nitrogen and oxygen atoms in total. The van der Waals surface area contributed by atoms with Crippen molar-refractivity contribution in [2.75, 3.05) is 11.4 Å². The molecule has 0 saturated carbocycles. The first-order valence-electron chi connectivity index (χ1n) is 8.51. The summed E-state index contributed by atoms with van der Waals surface area (Å²) in [5.41, 5.74) is 3.78. The van der Waals surface area contributed by atoms with Gasteiger partial charge in [0.1, 0.15) is 0 Å². The molecule has 0 bridgehead atoms. The van der Waals surface area contributed by atoms with Crippen LogP contribution in [0.2, 0.25) is 0 Å². The van der Waals surface area contributed by atoms with Gasteiger partial charge in [-0.25, -0.2) is 0 Å². The SMILES string of the molecule is Cc1nn(C(=O)CCC(=O)N2CCc3ccccc32)c2ccccc12. The number of carbonyl (C=O) groups excluding carboxylic acids is 2. The number of fused-ring (bicyclic) bond motifs is 2. The van der Waals surface area contributed by atoms with Crippen LogP contribution in [0.5, 0.6) is 0 Å². The molecule has 0 unspecified atom stereocenters. The number of rotatable bonds is 3. The summed E-state index contributed by atoms with van der Waals surface area (Å²) >= 11 is 0. The van der Waals surface area contributed by atoms with Gasteiger partial charge in [0.15, 0.2) is 0 Å². The van der Waals surface area contributed by atoms with Gasteiger partial charge in [-0.15, -0.1) is 0 Å². The molecule has 126 valence electrons. The maximum Gasteiger partial charge on any atom is 0.247 e. The van der Waals surface area contributed by atoms with Gasteiger partial charge in [0, 0.05) is 30.5 Å². The number of benzene rings is 2. The van der Waals surface area contributed by atoms with Gasteiger partial charge in [0.25, 0.3) is 0 Å². The van der Waals surface area contributed by atoms with Crippen molar-refractivity contribution in [2.24, 2.45) is 0 Å². The summed E-state index contributed by atoms with van der Waals surface area (Å²) in [6, 6.07) is 15.6. The minimum absolute atomic E-state index is 0.00789. The second-order valence-corrected chi connectivity index (χ2v) is 6.33. The molecule has 4 rings (SSSR count). The Morgan fingerprint density at radius 2 is 1.72 bits per heavy atom. The van der Waals surface area contributed by atoms with Crippen molar-refractivity contribution in [1.29, 1.82) is 0 Å². The fourth-order valence-electron chi connectivity index (χ4n) is 3.46. The Bertz CT molecular complexity index is 974. The second kappa shape index (κ2) is 6.16. The zero-order valence-electron chi connectivity index (χ0n) is 14.1. The molecule has 0 atom stereocenters. The van der Waals surface area contributed by atoms with Crippen molar-refractivity contribution < 1.29 is 9.59 Å². The molecule has 0 radical (unpaired) electrons. The highest BCUT2D eigenvalue weighted by atomic mass is 16.2. The number of hydrogen-bond donors (Lipinski definition) is 0. The molecule has 5 heteroatoms. The van der Waals surface area contributed by atoms with E-state index < -0.39 is 0 Å². The molecular formula is C20H19N3O2. The number of amides is 1. The molecule has 1 aromatic heterocycles. The number of hydrogen-bond acceptors (Lipinski definition) is 3. The van der Waals surface area contributed by atoms with Crippen LogP contribution in [0.15, 0.2) is 48.5 Å². The van der Waals surface area contributed by atoms with Crippen LogP contribution in [-0.2, 0) is 11.2 Å². The fraction of sp³-hybridized carbons (Fsp3) is 0.250. The molecule has 1 aliphatic heterocycles. The second-order valence-electron chi connectivity index (χ2n) is 6.33. The minimum atomic E-state index is -0.148. The third-order valence-corrected chi connectivity index (χ3v) is 4.75. The van der Waals surface area contributed by atoms with Crippen LogP contribution in [0.1, 0.15) is 28.9 Å². The zero-order chi connectivity index (χ0) is 17.4. The Balaban J connectivity index is 1.48. The van der Waals surface area contributed by atoms with E-state index >= 15 is 0 Å². The lowest BCUT2D eigenvalue weighted by Crippen LogP contribution is -2.29. The number of para-hydroxylation sites is 2. The van der Waals surface area contributed by atoms with Crippen molar-refractivity contribution in [3.63, 3.8) is 0 Å². The molecule has 1 amide bonds. The molecule has 0 aliphatic carbocycles. The van der Waals surface area contributed by atoms with Gasteiger partial charge in [-0.2, -0.15) is 9.78 Å². The van der Waals surface area contributed by atoms with Crippen LogP contribution < -0.4 is 4.90 Å². The molecule has 0 saturated heterocycles. The van der Waals surface area contributed by atoms with E-state index in [2.05, 4.69) is 5.10 Å². The van der Waals surface area contributed by atoms with E-state index in [1.165, 1.54) is 10.2 Å². The molecule has 2 aromatic carbocycles. The summed E-state index contributed by atoms with van der Waals surface area (Å²) in [5, 5.41) is 5.31. The van der Waals surface area contributed by atoms with Crippen molar-refractivity contribution >= 4 is 28.4 Å². The number of nitrogens with zero attached hydrogens (tertiary/aromatic N) is 3. The van der Waals surface area contributed by atoms with E-state index in [1.807, 2.05) is 55.5 Å². The van der Waals surface area contributed by atoms with Crippen LogP contribution in [0.4, 0.5) is 5.69 Å². The highest BCUT2D eigenvalue weighted by Crippen LogP contribution is 2.28. The van der Waals surface area contributed by atoms with Gasteiger partial charge < -0.3 is 4.90 Å². The van der Waals surface area contributed by atoms with E-state index in [9.17, 15) is 9.59 Å². The smallest absolute Gasteiger partial charge is 0.247 e. The van der Waals surface area contributed by atoms with Crippen LogP contribution in [-0.4, -0.2) is 28.1 Å². The Labute approximate surface area is 145 Å². The average Bonchev–Trinajstić information content (AvgIpc) is 3.21. The molecule has 0 fully saturated rings. The van der Waals surface area contributed by atoms with Gasteiger partial charge >= 0.3 is 0 Å². The predicted octanol–water partition coefficient (Wildman–Crippen LogP) is 3.35. The summed E-state index contributed by atoms with van der Waals surface area (Å²) in [5.74, 6) is -0.156. The van der Waals surface area contributed by atoms with Gasteiger partial charge in [-0.05, 0) is 31.0 Å². The molecule has 25 heavy (non-hydrogen) atoms.